The van der Waals surface area contributed by atoms with E-state index in [4.69, 9.17) is 0 Å². The van der Waals surface area contributed by atoms with Crippen molar-refractivity contribution >= 4 is 11.8 Å². The van der Waals surface area contributed by atoms with Crippen LogP contribution in [-0.2, 0) is 9.59 Å². The molecule has 5 atom stereocenters. The SMILES string of the molecule is CC1CCC2NC(=O)C(=O)NC2C1C1CCCN1C. The van der Waals surface area contributed by atoms with Gasteiger partial charge in [0.15, 0.2) is 0 Å². The maximum Gasteiger partial charge on any atom is 0.309 e. The van der Waals surface area contributed by atoms with Gasteiger partial charge in [0.1, 0.15) is 0 Å². The van der Waals surface area contributed by atoms with Gasteiger partial charge in [0.2, 0.25) is 0 Å². The molecule has 1 aliphatic carbocycles. The van der Waals surface area contributed by atoms with Crippen LogP contribution in [0.3, 0.4) is 0 Å². The Morgan fingerprint density at radius 3 is 2.53 bits per heavy atom. The average Bonchev–Trinajstić information content (AvgIpc) is 2.78. The van der Waals surface area contributed by atoms with Crippen LogP contribution in [0.1, 0.15) is 32.6 Å². The molecule has 3 aliphatic rings. The normalized spacial score (nSPS) is 43.6. The summed E-state index contributed by atoms with van der Waals surface area (Å²) in [5.74, 6) is 0.133. The lowest BCUT2D eigenvalue weighted by Gasteiger charge is -2.48. The highest BCUT2D eigenvalue weighted by Crippen LogP contribution is 2.38. The fourth-order valence-corrected chi connectivity index (χ4v) is 4.29. The van der Waals surface area contributed by atoms with Crippen molar-refractivity contribution in [2.75, 3.05) is 13.6 Å². The summed E-state index contributed by atoms with van der Waals surface area (Å²) in [7, 11) is 2.18. The van der Waals surface area contributed by atoms with E-state index in [0.29, 0.717) is 17.9 Å². The van der Waals surface area contributed by atoms with E-state index in [0.717, 1.165) is 19.4 Å². The molecule has 2 saturated heterocycles. The number of fused-ring (bicyclic) bond motifs is 1. The number of likely N-dealkylation sites (tertiary alicyclic amines) is 1. The average molecular weight is 265 g/mol. The Bertz CT molecular complexity index is 398. The molecule has 0 radical (unpaired) electrons. The van der Waals surface area contributed by atoms with Crippen molar-refractivity contribution in [3.8, 4) is 0 Å². The Kier molecular flexibility index (Phi) is 3.25. The molecule has 2 aliphatic heterocycles. The van der Waals surface area contributed by atoms with Gasteiger partial charge in [0.25, 0.3) is 0 Å². The second-order valence-electron chi connectivity index (χ2n) is 6.40. The van der Waals surface area contributed by atoms with E-state index in [2.05, 4.69) is 29.5 Å². The molecule has 106 valence electrons. The van der Waals surface area contributed by atoms with Gasteiger partial charge in [-0.05, 0) is 51.1 Å². The maximum atomic E-state index is 11.7. The lowest BCUT2D eigenvalue weighted by Crippen LogP contribution is -2.68. The Hall–Kier alpha value is -1.10. The molecular formula is C14H23N3O2. The van der Waals surface area contributed by atoms with E-state index in [9.17, 15) is 9.59 Å². The monoisotopic (exact) mass is 265 g/mol. The molecule has 0 aromatic carbocycles. The highest BCUT2D eigenvalue weighted by atomic mass is 16.2. The minimum Gasteiger partial charge on any atom is -0.343 e. The minimum atomic E-state index is -0.464. The highest BCUT2D eigenvalue weighted by Gasteiger charge is 2.47. The maximum absolute atomic E-state index is 11.7. The number of carbonyl (C=O) groups excluding carboxylic acids is 2. The third kappa shape index (κ3) is 2.14. The number of piperazine rings is 1. The van der Waals surface area contributed by atoms with Gasteiger partial charge in [-0.25, -0.2) is 0 Å². The molecule has 5 unspecified atom stereocenters. The largest absolute Gasteiger partial charge is 0.343 e. The van der Waals surface area contributed by atoms with E-state index in [1.165, 1.54) is 12.8 Å². The van der Waals surface area contributed by atoms with E-state index in [-0.39, 0.29) is 12.1 Å². The van der Waals surface area contributed by atoms with Crippen LogP contribution in [0.2, 0.25) is 0 Å². The first-order valence-corrected chi connectivity index (χ1v) is 7.39. The molecule has 2 N–H and O–H groups in total. The van der Waals surface area contributed by atoms with Crippen LogP contribution in [0, 0.1) is 11.8 Å². The summed E-state index contributed by atoms with van der Waals surface area (Å²) in [6.45, 7) is 3.43. The smallest absolute Gasteiger partial charge is 0.309 e. The molecule has 3 rings (SSSR count). The third-order valence-electron chi connectivity index (χ3n) is 5.28. The molecule has 19 heavy (non-hydrogen) atoms. The number of carbonyl (C=O) groups is 2. The Morgan fingerprint density at radius 2 is 1.84 bits per heavy atom. The Morgan fingerprint density at radius 1 is 1.11 bits per heavy atom. The van der Waals surface area contributed by atoms with Crippen LogP contribution in [0.25, 0.3) is 0 Å². The van der Waals surface area contributed by atoms with Crippen molar-refractivity contribution in [2.45, 2.75) is 50.7 Å². The lowest BCUT2D eigenvalue weighted by molar-refractivity contribution is -0.144. The van der Waals surface area contributed by atoms with Crippen molar-refractivity contribution in [3.63, 3.8) is 0 Å². The zero-order chi connectivity index (χ0) is 13.6. The topological polar surface area (TPSA) is 61.4 Å². The van der Waals surface area contributed by atoms with Crippen molar-refractivity contribution in [3.05, 3.63) is 0 Å². The van der Waals surface area contributed by atoms with Gasteiger partial charge >= 0.3 is 11.8 Å². The standard InChI is InChI=1S/C14H23N3O2/c1-8-5-6-9-12(16-14(19)13(18)15-9)11(8)10-4-3-7-17(10)2/h8-12H,3-7H2,1-2H3,(H,15,18)(H,16,19). The third-order valence-corrected chi connectivity index (χ3v) is 5.28. The fourth-order valence-electron chi connectivity index (χ4n) is 4.29. The first-order chi connectivity index (χ1) is 9.08. The molecule has 0 spiro atoms. The molecular weight excluding hydrogens is 242 g/mol. The number of hydrogen-bond acceptors (Lipinski definition) is 3. The van der Waals surface area contributed by atoms with Gasteiger partial charge in [-0.3, -0.25) is 9.59 Å². The van der Waals surface area contributed by atoms with Gasteiger partial charge in [-0.15, -0.1) is 0 Å². The molecule has 5 nitrogen and oxygen atoms in total. The van der Waals surface area contributed by atoms with Crippen LogP contribution in [-0.4, -0.2) is 48.4 Å². The van der Waals surface area contributed by atoms with Gasteiger partial charge in [0, 0.05) is 12.1 Å². The Labute approximate surface area is 114 Å². The van der Waals surface area contributed by atoms with Crippen molar-refractivity contribution in [2.24, 2.45) is 11.8 Å². The summed E-state index contributed by atoms with van der Waals surface area (Å²) in [5, 5.41) is 5.86. The Balaban J connectivity index is 1.83. The van der Waals surface area contributed by atoms with Gasteiger partial charge in [0.05, 0.1) is 6.04 Å². The lowest BCUT2D eigenvalue weighted by atomic mass is 9.69. The van der Waals surface area contributed by atoms with Crippen LogP contribution in [0.15, 0.2) is 0 Å². The molecule has 0 aromatic rings. The van der Waals surface area contributed by atoms with Gasteiger partial charge < -0.3 is 15.5 Å². The first-order valence-electron chi connectivity index (χ1n) is 7.39. The van der Waals surface area contributed by atoms with Crippen LogP contribution in [0.4, 0.5) is 0 Å². The predicted molar refractivity (Wildman–Crippen MR) is 71.4 cm³/mol. The molecule has 2 amide bonds. The van der Waals surface area contributed by atoms with Crippen LogP contribution in [0.5, 0.6) is 0 Å². The quantitative estimate of drug-likeness (QED) is 0.662. The van der Waals surface area contributed by atoms with Crippen molar-refractivity contribution < 1.29 is 9.59 Å². The number of nitrogens with zero attached hydrogens (tertiary/aromatic N) is 1. The minimum absolute atomic E-state index is 0.111. The number of amides is 2. The van der Waals surface area contributed by atoms with E-state index < -0.39 is 11.8 Å². The zero-order valence-electron chi connectivity index (χ0n) is 11.7. The van der Waals surface area contributed by atoms with Crippen molar-refractivity contribution in [1.29, 1.82) is 0 Å². The summed E-state index contributed by atoms with van der Waals surface area (Å²) < 4.78 is 0. The zero-order valence-corrected chi connectivity index (χ0v) is 11.7. The molecule has 0 bridgehead atoms. The highest BCUT2D eigenvalue weighted by molar-refractivity contribution is 6.35. The summed E-state index contributed by atoms with van der Waals surface area (Å²) in [4.78, 5) is 25.6. The van der Waals surface area contributed by atoms with Crippen molar-refractivity contribution in [1.82, 2.24) is 15.5 Å². The molecule has 2 heterocycles. The van der Waals surface area contributed by atoms with Gasteiger partial charge in [-0.1, -0.05) is 6.92 Å². The number of nitrogens with one attached hydrogen (secondary N) is 2. The van der Waals surface area contributed by atoms with Crippen LogP contribution < -0.4 is 10.6 Å². The van der Waals surface area contributed by atoms with Crippen LogP contribution >= 0.6 is 0 Å². The molecule has 1 saturated carbocycles. The van der Waals surface area contributed by atoms with E-state index in [1.54, 1.807) is 0 Å². The molecule has 0 aromatic heterocycles. The molecule has 5 heteroatoms. The second kappa shape index (κ2) is 4.78. The summed E-state index contributed by atoms with van der Waals surface area (Å²) in [5.41, 5.74) is 0. The number of rotatable bonds is 1. The van der Waals surface area contributed by atoms with E-state index in [1.807, 2.05) is 0 Å². The summed E-state index contributed by atoms with van der Waals surface area (Å²) in [6.07, 6.45) is 4.55. The summed E-state index contributed by atoms with van der Waals surface area (Å²) in [6, 6.07) is 0.776. The second-order valence-corrected chi connectivity index (χ2v) is 6.40. The fraction of sp³-hybridized carbons (Fsp3) is 0.857. The predicted octanol–water partition coefficient (Wildman–Crippen LogP) is 0.110. The van der Waals surface area contributed by atoms with E-state index >= 15 is 0 Å². The molecule has 3 fully saturated rings. The van der Waals surface area contributed by atoms with Gasteiger partial charge in [-0.2, -0.15) is 0 Å². The number of hydrogen-bond donors (Lipinski definition) is 2. The summed E-state index contributed by atoms with van der Waals surface area (Å²) >= 11 is 0. The first kappa shape index (κ1) is 12.9.